The minimum Gasteiger partial charge on any atom is -0.270 e. The molecule has 14 heteroatoms. The van der Waals surface area contributed by atoms with Crippen LogP contribution < -0.4 is 21.2 Å². The van der Waals surface area contributed by atoms with Crippen LogP contribution in [0.4, 0.5) is 0 Å². The summed E-state index contributed by atoms with van der Waals surface area (Å²) in [6.45, 7) is 1.99. The zero-order valence-corrected chi connectivity index (χ0v) is 28.7. The summed E-state index contributed by atoms with van der Waals surface area (Å²) in [6, 6.07) is 27.6. The lowest BCUT2D eigenvalue weighted by molar-refractivity contribution is 0.397. The maximum absolute atomic E-state index is 12.6. The fraction of sp³-hybridized carbons (Fsp3) is 0.200. The van der Waals surface area contributed by atoms with Crippen LogP contribution in [0, 0.1) is 6.92 Å². The van der Waals surface area contributed by atoms with E-state index in [0.717, 1.165) is 37.5 Å². The molecule has 0 aromatic heterocycles. The van der Waals surface area contributed by atoms with Gasteiger partial charge in [-0.1, -0.05) is 66.2 Å². The summed E-state index contributed by atoms with van der Waals surface area (Å²) in [5.74, 6) is 0. The molecule has 0 aliphatic carbocycles. The lowest BCUT2D eigenvalue weighted by Crippen LogP contribution is -2.22. The quantitative estimate of drug-likeness (QED) is 0.152. The van der Waals surface area contributed by atoms with Gasteiger partial charge in [-0.15, -0.1) is 0 Å². The van der Waals surface area contributed by atoms with E-state index in [0.29, 0.717) is 22.9 Å². The third-order valence-corrected chi connectivity index (χ3v) is 15.9. The third kappa shape index (κ3) is 8.00. The van der Waals surface area contributed by atoms with E-state index in [4.69, 9.17) is 12.5 Å². The van der Waals surface area contributed by atoms with E-state index in [9.17, 15) is 25.3 Å². The maximum atomic E-state index is 12.6. The molecule has 4 rings (SSSR count). The molecule has 0 aliphatic heterocycles. The van der Waals surface area contributed by atoms with Crippen LogP contribution in [-0.2, 0) is 42.9 Å². The summed E-state index contributed by atoms with van der Waals surface area (Å²) >= 11 is 0. The molecule has 0 saturated carbocycles. The van der Waals surface area contributed by atoms with Crippen LogP contribution in [0.5, 0.6) is 0 Å². The van der Waals surface area contributed by atoms with E-state index in [-0.39, 0.29) is 14.7 Å². The Labute approximate surface area is 262 Å². The molecule has 0 bridgehead atoms. The second-order valence-electron chi connectivity index (χ2n) is 9.50. The molecular formula is C30H32O9P2S3. The fourth-order valence-electron chi connectivity index (χ4n) is 4.52. The van der Waals surface area contributed by atoms with Crippen molar-refractivity contribution in [2.45, 2.75) is 21.6 Å². The molecule has 9 nitrogen and oxygen atoms in total. The predicted molar refractivity (Wildman–Crippen MR) is 175 cm³/mol. The van der Waals surface area contributed by atoms with Gasteiger partial charge >= 0.3 is 0 Å². The molecule has 1 atom stereocenters. The zero-order chi connectivity index (χ0) is 32.1. The average molecular weight is 695 g/mol. The third-order valence-electron chi connectivity index (χ3n) is 6.77. The molecule has 1 unspecified atom stereocenters. The minimum absolute atomic E-state index is 0.0101. The van der Waals surface area contributed by atoms with E-state index in [1.807, 2.05) is 43.3 Å². The molecule has 0 fully saturated rings. The molecule has 0 saturated heterocycles. The Bertz CT molecular complexity index is 1890. The summed E-state index contributed by atoms with van der Waals surface area (Å²) in [4.78, 5) is 0.0306. The van der Waals surface area contributed by atoms with E-state index >= 15 is 0 Å². The normalized spacial score (nSPS) is 13.2. The highest BCUT2D eigenvalue weighted by Crippen LogP contribution is 2.42. The molecular weight excluding hydrogens is 662 g/mol. The van der Waals surface area contributed by atoms with Gasteiger partial charge < -0.3 is 0 Å². The molecule has 0 radical (unpaired) electrons. The summed E-state index contributed by atoms with van der Waals surface area (Å²) < 4.78 is 89.6. The SMILES string of the molecule is COS(=O)(=O)c1cccc(P(CCP(c2cccc(S(=O)(=O)OC)c2)c2cccc(S(=O)(=O)OC)c2)c2cccc(C)c2)c1. The smallest absolute Gasteiger partial charge is 0.270 e. The van der Waals surface area contributed by atoms with Crippen molar-refractivity contribution < 1.29 is 37.8 Å². The standard InChI is InChI=1S/C30H32O9P2S3/c1-23-9-5-10-24(19-23)40(25-11-6-14-28(20-25)42(31,32)37-2)17-18-41(26-12-7-15-29(21-26)43(33,34)38-3)27-13-8-16-30(22-27)44(35,36)39-4/h5-16,19-22H,17-18H2,1-4H3. The Morgan fingerprint density at radius 3 is 1.07 bits per heavy atom. The van der Waals surface area contributed by atoms with Crippen LogP contribution in [-0.4, -0.2) is 58.9 Å². The van der Waals surface area contributed by atoms with Crippen molar-refractivity contribution in [2.75, 3.05) is 33.7 Å². The number of rotatable bonds is 13. The second kappa shape index (κ2) is 14.3. The fourth-order valence-corrected chi connectivity index (χ4v) is 12.4. The van der Waals surface area contributed by atoms with Gasteiger partial charge in [0.25, 0.3) is 30.4 Å². The van der Waals surface area contributed by atoms with Crippen molar-refractivity contribution in [3.8, 4) is 0 Å². The molecule has 0 N–H and O–H groups in total. The largest absolute Gasteiger partial charge is 0.296 e. The first kappa shape index (κ1) is 34.3. The van der Waals surface area contributed by atoms with Gasteiger partial charge in [-0.2, -0.15) is 25.3 Å². The van der Waals surface area contributed by atoms with Gasteiger partial charge in [-0.3, -0.25) is 12.5 Å². The summed E-state index contributed by atoms with van der Waals surface area (Å²) in [6.07, 6.45) is 1.12. The van der Waals surface area contributed by atoms with Crippen LogP contribution >= 0.6 is 15.8 Å². The average Bonchev–Trinajstić information content (AvgIpc) is 3.03. The lowest BCUT2D eigenvalue weighted by Gasteiger charge is -2.25. The molecule has 0 amide bonds. The molecule has 234 valence electrons. The first-order valence-electron chi connectivity index (χ1n) is 13.1. The first-order chi connectivity index (χ1) is 20.8. The van der Waals surface area contributed by atoms with Crippen molar-refractivity contribution in [1.82, 2.24) is 0 Å². The minimum atomic E-state index is -3.99. The van der Waals surface area contributed by atoms with Crippen LogP contribution in [0.3, 0.4) is 0 Å². The number of hydrogen-bond donors (Lipinski definition) is 0. The Hall–Kier alpha value is -2.53. The predicted octanol–water partition coefficient (Wildman–Crippen LogP) is 3.57. The lowest BCUT2D eigenvalue weighted by atomic mass is 10.2. The highest BCUT2D eigenvalue weighted by molar-refractivity contribution is 7.87. The Balaban J connectivity index is 1.85. The van der Waals surface area contributed by atoms with Gasteiger partial charge in [-0.25, -0.2) is 0 Å². The monoisotopic (exact) mass is 694 g/mol. The molecule has 4 aromatic rings. The van der Waals surface area contributed by atoms with Gasteiger partial charge in [0.2, 0.25) is 0 Å². The van der Waals surface area contributed by atoms with Crippen molar-refractivity contribution in [3.05, 3.63) is 103 Å². The molecule has 0 spiro atoms. The summed E-state index contributed by atoms with van der Waals surface area (Å²) in [5, 5.41) is 3.28. The van der Waals surface area contributed by atoms with Crippen LogP contribution in [0.25, 0.3) is 0 Å². The molecule has 4 aromatic carbocycles. The first-order valence-corrected chi connectivity index (χ1v) is 20.4. The van der Waals surface area contributed by atoms with Crippen molar-refractivity contribution in [3.63, 3.8) is 0 Å². The van der Waals surface area contributed by atoms with Crippen molar-refractivity contribution in [2.24, 2.45) is 0 Å². The number of hydrogen-bond acceptors (Lipinski definition) is 9. The van der Waals surface area contributed by atoms with E-state index < -0.39 is 46.2 Å². The van der Waals surface area contributed by atoms with E-state index in [1.54, 1.807) is 36.4 Å². The summed E-state index contributed by atoms with van der Waals surface area (Å²) in [5.41, 5.74) is 1.05. The van der Waals surface area contributed by atoms with Gasteiger partial charge in [0.15, 0.2) is 0 Å². The number of aryl methyl sites for hydroxylation is 1. The maximum Gasteiger partial charge on any atom is 0.296 e. The van der Waals surface area contributed by atoms with Crippen LogP contribution in [0.2, 0.25) is 0 Å². The summed E-state index contributed by atoms with van der Waals surface area (Å²) in [7, 11) is -11.0. The van der Waals surface area contributed by atoms with Crippen molar-refractivity contribution >= 4 is 67.4 Å². The van der Waals surface area contributed by atoms with Crippen LogP contribution in [0.1, 0.15) is 5.56 Å². The van der Waals surface area contributed by atoms with Gasteiger partial charge in [0.05, 0.1) is 36.0 Å². The number of benzene rings is 4. The van der Waals surface area contributed by atoms with Gasteiger partial charge in [-0.05, 0) is 92.7 Å². The Morgan fingerprint density at radius 2 is 0.773 bits per heavy atom. The van der Waals surface area contributed by atoms with E-state index in [2.05, 4.69) is 6.07 Å². The van der Waals surface area contributed by atoms with Crippen molar-refractivity contribution in [1.29, 1.82) is 0 Å². The van der Waals surface area contributed by atoms with Gasteiger partial charge in [0.1, 0.15) is 0 Å². The molecule has 44 heavy (non-hydrogen) atoms. The highest BCUT2D eigenvalue weighted by Gasteiger charge is 2.24. The molecule has 0 heterocycles. The Kier molecular flexibility index (Phi) is 11.1. The zero-order valence-electron chi connectivity index (χ0n) is 24.4. The Morgan fingerprint density at radius 1 is 0.477 bits per heavy atom. The highest BCUT2D eigenvalue weighted by atomic mass is 32.2. The topological polar surface area (TPSA) is 130 Å². The van der Waals surface area contributed by atoms with E-state index in [1.165, 1.54) is 18.2 Å². The second-order valence-corrected chi connectivity index (χ2v) is 19.3. The molecule has 0 aliphatic rings. The van der Waals surface area contributed by atoms with Gasteiger partial charge in [0, 0.05) is 0 Å². The van der Waals surface area contributed by atoms with Crippen LogP contribution in [0.15, 0.2) is 112 Å².